The van der Waals surface area contributed by atoms with Crippen molar-refractivity contribution in [3.8, 4) is 11.5 Å². The summed E-state index contributed by atoms with van der Waals surface area (Å²) in [6, 6.07) is 7.59. The third kappa shape index (κ3) is 4.50. The number of benzene rings is 1. The van der Waals surface area contributed by atoms with E-state index in [1.165, 1.54) is 24.3 Å². The molecule has 172 valence electrons. The summed E-state index contributed by atoms with van der Waals surface area (Å²) >= 11 is 0. The van der Waals surface area contributed by atoms with Crippen LogP contribution in [-0.4, -0.2) is 66.5 Å². The van der Waals surface area contributed by atoms with Gasteiger partial charge in [-0.25, -0.2) is 0 Å². The molecule has 0 saturated carbocycles. The van der Waals surface area contributed by atoms with Gasteiger partial charge in [-0.15, -0.1) is 0 Å². The van der Waals surface area contributed by atoms with Crippen molar-refractivity contribution >= 4 is 11.7 Å². The minimum Gasteiger partial charge on any atom is -0.503 e. The average Bonchev–Trinajstić information content (AvgIpc) is 3.43. The number of carbonyl (C=O) groups excluding carboxylic acids is 2. The number of hydrogen-bond acceptors (Lipinski definition) is 7. The molecule has 2 heterocycles. The lowest BCUT2D eigenvalue weighted by molar-refractivity contribution is -0.129. The predicted octanol–water partition coefficient (Wildman–Crippen LogP) is 3.61. The third-order valence-electron chi connectivity index (χ3n) is 5.65. The molecule has 3 rings (SSSR count). The number of rotatable bonds is 11. The molecule has 0 aliphatic carbocycles. The van der Waals surface area contributed by atoms with Gasteiger partial charge in [0.2, 0.25) is 5.78 Å². The Morgan fingerprint density at radius 1 is 1.19 bits per heavy atom. The second kappa shape index (κ2) is 10.4. The van der Waals surface area contributed by atoms with Gasteiger partial charge in [-0.2, -0.15) is 0 Å². The van der Waals surface area contributed by atoms with Crippen molar-refractivity contribution < 1.29 is 28.6 Å². The monoisotopic (exact) mass is 442 g/mol. The van der Waals surface area contributed by atoms with E-state index in [9.17, 15) is 14.7 Å². The van der Waals surface area contributed by atoms with Crippen molar-refractivity contribution in [2.24, 2.45) is 0 Å². The second-order valence-electron chi connectivity index (χ2n) is 7.34. The zero-order chi connectivity index (χ0) is 23.3. The summed E-state index contributed by atoms with van der Waals surface area (Å²) in [6.07, 6.45) is 1.38. The number of hydrogen-bond donors (Lipinski definition) is 1. The third-order valence-corrected chi connectivity index (χ3v) is 5.65. The predicted molar refractivity (Wildman–Crippen MR) is 119 cm³/mol. The maximum absolute atomic E-state index is 13.2. The van der Waals surface area contributed by atoms with Crippen LogP contribution in [0.15, 0.2) is 52.3 Å². The standard InChI is InChI=1S/C24H30N2O6/c1-5-25(6-2)12-13-26-21(16-10-11-17(31-7-3)19(15-16)30-4)20(23(28)24(26)29)22(27)18-9-8-14-32-18/h8-11,14-15,21,28H,5-7,12-13H2,1-4H3/t21-/m0/s1. The lowest BCUT2D eigenvalue weighted by Gasteiger charge is -2.29. The van der Waals surface area contributed by atoms with Gasteiger partial charge < -0.3 is 28.8 Å². The number of aliphatic hydroxyl groups excluding tert-OH is 1. The van der Waals surface area contributed by atoms with Crippen molar-refractivity contribution in [1.29, 1.82) is 0 Å². The van der Waals surface area contributed by atoms with Crippen molar-refractivity contribution in [3.05, 3.63) is 59.3 Å². The summed E-state index contributed by atoms with van der Waals surface area (Å²) in [4.78, 5) is 30.0. The molecule has 0 bridgehead atoms. The van der Waals surface area contributed by atoms with Gasteiger partial charge >= 0.3 is 0 Å². The first-order valence-corrected chi connectivity index (χ1v) is 10.8. The number of amides is 1. The Bertz CT molecular complexity index is 978. The van der Waals surface area contributed by atoms with E-state index in [0.717, 1.165) is 13.1 Å². The van der Waals surface area contributed by atoms with E-state index in [1.54, 1.807) is 24.3 Å². The fraction of sp³-hybridized carbons (Fsp3) is 0.417. The Kier molecular flexibility index (Phi) is 7.58. The van der Waals surface area contributed by atoms with Gasteiger partial charge in [-0.3, -0.25) is 9.59 Å². The summed E-state index contributed by atoms with van der Waals surface area (Å²) in [5.74, 6) is -0.549. The highest BCUT2D eigenvalue weighted by atomic mass is 16.5. The highest BCUT2D eigenvalue weighted by Crippen LogP contribution is 2.41. The van der Waals surface area contributed by atoms with Crippen molar-refractivity contribution in [2.75, 3.05) is 39.9 Å². The molecule has 0 fully saturated rings. The van der Waals surface area contributed by atoms with Crippen LogP contribution in [0.2, 0.25) is 0 Å². The van der Waals surface area contributed by atoms with E-state index < -0.39 is 23.5 Å². The van der Waals surface area contributed by atoms with Crippen LogP contribution in [0.3, 0.4) is 0 Å². The number of Topliss-reactive ketones (excluding diaryl/α,β-unsaturated/α-hetero) is 1. The molecule has 1 aromatic heterocycles. The first-order chi connectivity index (χ1) is 15.5. The smallest absolute Gasteiger partial charge is 0.290 e. The van der Waals surface area contributed by atoms with Crippen LogP contribution in [0.5, 0.6) is 11.5 Å². The van der Waals surface area contributed by atoms with E-state index in [1.807, 2.05) is 20.8 Å². The number of ketones is 1. The molecule has 0 spiro atoms. The normalized spacial score (nSPS) is 16.2. The first-order valence-electron chi connectivity index (χ1n) is 10.8. The summed E-state index contributed by atoms with van der Waals surface area (Å²) in [6.45, 7) is 9.06. The molecule has 1 N–H and O–H groups in total. The lowest BCUT2D eigenvalue weighted by Crippen LogP contribution is -2.38. The molecule has 1 aromatic carbocycles. The minimum atomic E-state index is -0.778. The van der Waals surface area contributed by atoms with Crippen molar-refractivity contribution in [2.45, 2.75) is 26.8 Å². The van der Waals surface area contributed by atoms with Gasteiger partial charge in [0, 0.05) is 13.1 Å². The van der Waals surface area contributed by atoms with Gasteiger partial charge in [-0.1, -0.05) is 19.9 Å². The molecule has 32 heavy (non-hydrogen) atoms. The Morgan fingerprint density at radius 3 is 2.53 bits per heavy atom. The van der Waals surface area contributed by atoms with Crippen LogP contribution >= 0.6 is 0 Å². The fourth-order valence-corrected chi connectivity index (χ4v) is 3.92. The molecule has 0 saturated heterocycles. The quantitative estimate of drug-likeness (QED) is 0.532. The van der Waals surface area contributed by atoms with Crippen LogP contribution in [0, 0.1) is 0 Å². The average molecular weight is 443 g/mol. The van der Waals surface area contributed by atoms with E-state index >= 15 is 0 Å². The summed E-state index contributed by atoms with van der Waals surface area (Å²) in [5, 5.41) is 10.7. The SMILES string of the molecule is CCOc1ccc([C@H]2C(C(=O)c3ccco3)=C(O)C(=O)N2CCN(CC)CC)cc1OC. The number of ether oxygens (including phenoxy) is 2. The van der Waals surface area contributed by atoms with E-state index in [0.29, 0.717) is 36.8 Å². The van der Waals surface area contributed by atoms with Crippen LogP contribution in [-0.2, 0) is 4.79 Å². The highest BCUT2D eigenvalue weighted by molar-refractivity contribution is 6.15. The fourth-order valence-electron chi connectivity index (χ4n) is 3.92. The molecule has 1 atom stereocenters. The van der Waals surface area contributed by atoms with Gasteiger partial charge in [0.1, 0.15) is 0 Å². The zero-order valence-electron chi connectivity index (χ0n) is 19.0. The zero-order valence-corrected chi connectivity index (χ0v) is 19.0. The Hall–Kier alpha value is -3.26. The second-order valence-corrected chi connectivity index (χ2v) is 7.34. The lowest BCUT2D eigenvalue weighted by atomic mass is 9.94. The molecule has 2 aromatic rings. The van der Waals surface area contributed by atoms with Crippen LogP contribution < -0.4 is 9.47 Å². The van der Waals surface area contributed by atoms with Crippen LogP contribution in [0.4, 0.5) is 0 Å². The summed E-state index contributed by atoms with van der Waals surface area (Å²) in [5.41, 5.74) is 0.632. The number of furan rings is 1. The van der Waals surface area contributed by atoms with Gasteiger partial charge in [0.05, 0.1) is 31.6 Å². The maximum Gasteiger partial charge on any atom is 0.290 e. The van der Waals surface area contributed by atoms with Crippen molar-refractivity contribution in [3.63, 3.8) is 0 Å². The molecule has 1 amide bonds. The Morgan fingerprint density at radius 2 is 1.94 bits per heavy atom. The van der Waals surface area contributed by atoms with Crippen LogP contribution in [0.25, 0.3) is 0 Å². The van der Waals surface area contributed by atoms with Gasteiger partial charge in [0.25, 0.3) is 5.91 Å². The van der Waals surface area contributed by atoms with Crippen molar-refractivity contribution in [1.82, 2.24) is 9.80 Å². The van der Waals surface area contributed by atoms with Crippen LogP contribution in [0.1, 0.15) is 42.9 Å². The number of methoxy groups -OCH3 is 1. The van der Waals surface area contributed by atoms with Gasteiger partial charge in [0.15, 0.2) is 23.0 Å². The van der Waals surface area contributed by atoms with E-state index in [2.05, 4.69) is 4.90 Å². The highest BCUT2D eigenvalue weighted by Gasteiger charge is 2.44. The largest absolute Gasteiger partial charge is 0.503 e. The number of aliphatic hydroxyl groups is 1. The molecule has 1 aliphatic rings. The van der Waals surface area contributed by atoms with Gasteiger partial charge in [-0.05, 0) is 49.8 Å². The number of carbonyl (C=O) groups is 2. The first kappa shape index (κ1) is 23.4. The summed E-state index contributed by atoms with van der Waals surface area (Å²) < 4.78 is 16.3. The molecular weight excluding hydrogens is 412 g/mol. The summed E-state index contributed by atoms with van der Waals surface area (Å²) in [7, 11) is 1.53. The Balaban J connectivity index is 2.05. The molecule has 1 aliphatic heterocycles. The maximum atomic E-state index is 13.2. The molecule has 0 radical (unpaired) electrons. The van der Waals surface area contributed by atoms with E-state index in [-0.39, 0.29) is 11.3 Å². The Labute approximate surface area is 188 Å². The topological polar surface area (TPSA) is 92.5 Å². The minimum absolute atomic E-state index is 0.00397. The molecule has 8 nitrogen and oxygen atoms in total. The molecular formula is C24H30N2O6. The molecule has 0 unspecified atom stereocenters. The number of nitrogens with zero attached hydrogens (tertiary/aromatic N) is 2. The number of likely N-dealkylation sites (N-methyl/N-ethyl adjacent to an activating group) is 1. The van der Waals surface area contributed by atoms with E-state index in [4.69, 9.17) is 13.9 Å². The molecule has 8 heteroatoms.